The van der Waals surface area contributed by atoms with Crippen molar-refractivity contribution in [3.8, 4) is 0 Å². The van der Waals surface area contributed by atoms with Crippen LogP contribution in [0.15, 0.2) is 72.6 Å². The number of hydrogen-bond donors (Lipinski definition) is 0. The minimum absolute atomic E-state index is 0.00206. The molecule has 0 aliphatic carbocycles. The summed E-state index contributed by atoms with van der Waals surface area (Å²) < 4.78 is 25.2. The van der Waals surface area contributed by atoms with Crippen LogP contribution < -0.4 is 10.4 Å². The molecule has 0 amide bonds. The summed E-state index contributed by atoms with van der Waals surface area (Å²) in [5.41, 5.74) is 0. The van der Waals surface area contributed by atoms with E-state index in [1.54, 1.807) is 6.92 Å². The van der Waals surface area contributed by atoms with Crippen molar-refractivity contribution in [3.63, 3.8) is 0 Å². The van der Waals surface area contributed by atoms with Gasteiger partial charge in [0.2, 0.25) is 5.83 Å². The van der Waals surface area contributed by atoms with Crippen LogP contribution in [-0.4, -0.2) is 27.5 Å². The lowest BCUT2D eigenvalue weighted by atomic mass is 10.2. The van der Waals surface area contributed by atoms with Gasteiger partial charge >= 0.3 is 5.97 Å². The second-order valence-corrected chi connectivity index (χ2v) is 11.6. The van der Waals surface area contributed by atoms with Gasteiger partial charge in [0, 0.05) is 0 Å². The standard InChI is InChI=1S/C22H27FO3Si/c1-5-25-21(24)20(23)16-17-26-27(22(2,3)4,18-12-8-6-9-13-18)19-14-10-7-11-15-19/h6-16H,5,17H2,1-4H3. The highest BCUT2D eigenvalue weighted by Crippen LogP contribution is 2.36. The zero-order chi connectivity index (χ0) is 19.9. The topological polar surface area (TPSA) is 35.5 Å². The third-order valence-corrected chi connectivity index (χ3v) is 9.45. The van der Waals surface area contributed by atoms with Crippen LogP contribution >= 0.6 is 0 Å². The van der Waals surface area contributed by atoms with E-state index < -0.39 is 20.1 Å². The molecule has 3 nitrogen and oxygen atoms in total. The summed E-state index contributed by atoms with van der Waals surface area (Å²) in [5.74, 6) is -1.88. The molecule has 0 saturated heterocycles. The van der Waals surface area contributed by atoms with E-state index in [1.807, 2.05) is 36.4 Å². The number of carbonyl (C=O) groups excluding carboxylic acids is 1. The molecule has 0 aromatic heterocycles. The predicted octanol–water partition coefficient (Wildman–Crippen LogP) is 3.98. The minimum atomic E-state index is -2.73. The number of esters is 1. The van der Waals surface area contributed by atoms with Gasteiger partial charge in [0.15, 0.2) is 0 Å². The van der Waals surface area contributed by atoms with Gasteiger partial charge in [0.1, 0.15) is 0 Å². The highest BCUT2D eigenvalue weighted by molar-refractivity contribution is 6.99. The van der Waals surface area contributed by atoms with Crippen molar-refractivity contribution in [2.45, 2.75) is 32.7 Å². The maximum atomic E-state index is 14.0. The summed E-state index contributed by atoms with van der Waals surface area (Å²) in [6, 6.07) is 20.2. The third-order valence-electron chi connectivity index (χ3n) is 4.45. The van der Waals surface area contributed by atoms with Gasteiger partial charge in [-0.3, -0.25) is 0 Å². The molecule has 0 spiro atoms. The largest absolute Gasteiger partial charge is 0.461 e. The number of rotatable bonds is 7. The molecular formula is C22H27FO3Si. The zero-order valence-corrected chi connectivity index (χ0v) is 17.4. The Morgan fingerprint density at radius 3 is 1.89 bits per heavy atom. The van der Waals surface area contributed by atoms with Gasteiger partial charge in [-0.25, -0.2) is 4.79 Å². The van der Waals surface area contributed by atoms with Crippen LogP contribution in [0.4, 0.5) is 4.39 Å². The van der Waals surface area contributed by atoms with E-state index in [2.05, 4.69) is 45.0 Å². The van der Waals surface area contributed by atoms with E-state index in [0.717, 1.165) is 16.4 Å². The van der Waals surface area contributed by atoms with Crippen LogP contribution in [-0.2, 0) is 14.0 Å². The first-order valence-corrected chi connectivity index (χ1v) is 11.0. The molecule has 0 bridgehead atoms. The fourth-order valence-electron chi connectivity index (χ4n) is 3.28. The van der Waals surface area contributed by atoms with Gasteiger partial charge in [-0.05, 0) is 28.4 Å². The monoisotopic (exact) mass is 386 g/mol. The highest BCUT2D eigenvalue weighted by Gasteiger charge is 2.49. The zero-order valence-electron chi connectivity index (χ0n) is 16.4. The van der Waals surface area contributed by atoms with Crippen LogP contribution in [0, 0.1) is 0 Å². The first-order valence-electron chi connectivity index (χ1n) is 9.10. The Balaban J connectivity index is 2.47. The van der Waals surface area contributed by atoms with Crippen LogP contribution in [0.5, 0.6) is 0 Å². The van der Waals surface area contributed by atoms with Crippen LogP contribution in [0.2, 0.25) is 5.04 Å². The number of hydrogen-bond acceptors (Lipinski definition) is 3. The van der Waals surface area contributed by atoms with E-state index in [4.69, 9.17) is 9.16 Å². The fourth-order valence-corrected chi connectivity index (χ4v) is 7.77. The Morgan fingerprint density at radius 1 is 1.00 bits per heavy atom. The number of ether oxygens (including phenoxy) is 1. The van der Waals surface area contributed by atoms with E-state index in [1.165, 1.54) is 0 Å². The minimum Gasteiger partial charge on any atom is -0.461 e. The maximum absolute atomic E-state index is 14.0. The Bertz CT molecular complexity index is 728. The molecule has 0 radical (unpaired) electrons. The summed E-state index contributed by atoms with van der Waals surface area (Å²) in [4.78, 5) is 11.5. The molecule has 0 unspecified atom stereocenters. The number of carbonyl (C=O) groups is 1. The van der Waals surface area contributed by atoms with Crippen molar-refractivity contribution in [1.82, 2.24) is 0 Å². The van der Waals surface area contributed by atoms with Gasteiger partial charge in [0.05, 0.1) is 13.2 Å². The first-order chi connectivity index (χ1) is 12.8. The van der Waals surface area contributed by atoms with Gasteiger partial charge in [0.25, 0.3) is 8.32 Å². The average molecular weight is 387 g/mol. The lowest BCUT2D eigenvalue weighted by molar-refractivity contribution is -0.140. The quantitative estimate of drug-likeness (QED) is 0.410. The summed E-state index contributed by atoms with van der Waals surface area (Å²) in [6.07, 6.45) is 1.16. The SMILES string of the molecule is CCOC(=O)C(F)=CCO[Si](c1ccccc1)(c1ccccc1)C(C)(C)C. The van der Waals surface area contributed by atoms with Crippen LogP contribution in [0.3, 0.4) is 0 Å². The average Bonchev–Trinajstić information content (AvgIpc) is 2.65. The normalized spacial score (nSPS) is 12.7. The molecule has 2 aromatic carbocycles. The molecule has 0 atom stereocenters. The Labute approximate surface area is 162 Å². The van der Waals surface area contributed by atoms with E-state index in [9.17, 15) is 9.18 Å². The second-order valence-electron chi connectivity index (χ2n) is 7.25. The van der Waals surface area contributed by atoms with E-state index >= 15 is 0 Å². The van der Waals surface area contributed by atoms with Gasteiger partial charge < -0.3 is 9.16 Å². The molecule has 5 heteroatoms. The van der Waals surface area contributed by atoms with Crippen molar-refractivity contribution >= 4 is 24.7 Å². The van der Waals surface area contributed by atoms with Crippen molar-refractivity contribution in [2.75, 3.05) is 13.2 Å². The Morgan fingerprint density at radius 2 is 1.48 bits per heavy atom. The molecular weight excluding hydrogens is 359 g/mol. The summed E-state index contributed by atoms with van der Waals surface area (Å²) >= 11 is 0. The van der Waals surface area contributed by atoms with Crippen molar-refractivity contribution in [1.29, 1.82) is 0 Å². The van der Waals surface area contributed by atoms with Crippen molar-refractivity contribution in [2.24, 2.45) is 0 Å². The molecule has 27 heavy (non-hydrogen) atoms. The van der Waals surface area contributed by atoms with E-state index in [0.29, 0.717) is 0 Å². The Kier molecular flexibility index (Phi) is 7.10. The van der Waals surface area contributed by atoms with Gasteiger partial charge in [-0.2, -0.15) is 4.39 Å². The van der Waals surface area contributed by atoms with Crippen molar-refractivity contribution < 1.29 is 18.3 Å². The predicted molar refractivity (Wildman–Crippen MR) is 109 cm³/mol. The Hall–Kier alpha value is -2.24. The molecule has 0 heterocycles. The summed E-state index contributed by atoms with van der Waals surface area (Å²) in [7, 11) is -2.73. The number of benzene rings is 2. The summed E-state index contributed by atoms with van der Waals surface area (Å²) in [6.45, 7) is 8.21. The molecule has 0 aliphatic heterocycles. The fraction of sp³-hybridized carbons (Fsp3) is 0.318. The molecule has 144 valence electrons. The van der Waals surface area contributed by atoms with Gasteiger partial charge in [-0.15, -0.1) is 0 Å². The molecule has 0 saturated carbocycles. The van der Waals surface area contributed by atoms with Crippen LogP contribution in [0.25, 0.3) is 0 Å². The molecule has 0 aliphatic rings. The number of halogens is 1. The highest BCUT2D eigenvalue weighted by atomic mass is 28.4. The molecule has 2 aromatic rings. The lowest BCUT2D eigenvalue weighted by Crippen LogP contribution is -2.66. The first kappa shape index (κ1) is 21.1. The molecule has 2 rings (SSSR count). The van der Waals surface area contributed by atoms with Gasteiger partial charge in [-0.1, -0.05) is 81.4 Å². The molecule has 0 fully saturated rings. The smallest absolute Gasteiger partial charge is 0.366 e. The maximum Gasteiger partial charge on any atom is 0.366 e. The van der Waals surface area contributed by atoms with E-state index in [-0.39, 0.29) is 18.3 Å². The molecule has 0 N–H and O–H groups in total. The second kappa shape index (κ2) is 9.11. The third kappa shape index (κ3) is 4.73. The lowest BCUT2D eigenvalue weighted by Gasteiger charge is -2.42. The summed E-state index contributed by atoms with van der Waals surface area (Å²) in [5, 5.41) is 2.01. The van der Waals surface area contributed by atoms with Crippen LogP contribution in [0.1, 0.15) is 27.7 Å². The van der Waals surface area contributed by atoms with Crippen molar-refractivity contribution in [3.05, 3.63) is 72.6 Å².